The lowest BCUT2D eigenvalue weighted by Crippen LogP contribution is -2.40. The van der Waals surface area contributed by atoms with Gasteiger partial charge in [0, 0.05) is 25.1 Å². The number of carbonyl (C=O) groups excluding carboxylic acids is 1. The summed E-state index contributed by atoms with van der Waals surface area (Å²) in [6.45, 7) is 8.19. The molecule has 0 fully saturated rings. The lowest BCUT2D eigenvalue weighted by molar-refractivity contribution is -0.118. The zero-order chi connectivity index (χ0) is 19.4. The van der Waals surface area contributed by atoms with Gasteiger partial charge in [-0.15, -0.1) is 6.58 Å². The maximum Gasteiger partial charge on any atom is 0.217 e. The van der Waals surface area contributed by atoms with E-state index in [1.165, 1.54) is 6.92 Å². The predicted molar refractivity (Wildman–Crippen MR) is 104 cm³/mol. The second-order valence-electron chi connectivity index (χ2n) is 5.60. The van der Waals surface area contributed by atoms with Crippen LogP contribution in [-0.4, -0.2) is 36.0 Å². The van der Waals surface area contributed by atoms with Crippen LogP contribution in [0.2, 0.25) is 0 Å². The SMILES string of the molecule is C=CCNC(C)=O.CCCCOC1=CC(c2ccccc2O)=NNC1N. The molecule has 1 aromatic carbocycles. The number of hydrogen-bond acceptors (Lipinski definition) is 6. The van der Waals surface area contributed by atoms with Crippen LogP contribution in [0.15, 0.2) is 53.9 Å². The molecule has 1 aliphatic heterocycles. The number of hydrazone groups is 1. The van der Waals surface area contributed by atoms with Gasteiger partial charge in [-0.05, 0) is 18.6 Å². The van der Waals surface area contributed by atoms with Crippen LogP contribution in [-0.2, 0) is 9.53 Å². The minimum absolute atomic E-state index is 0.0140. The normalized spacial score (nSPS) is 15.4. The number of benzene rings is 1. The topological polar surface area (TPSA) is 109 Å². The van der Waals surface area contributed by atoms with Gasteiger partial charge in [0.15, 0.2) is 0 Å². The molecule has 26 heavy (non-hydrogen) atoms. The van der Waals surface area contributed by atoms with Gasteiger partial charge >= 0.3 is 0 Å². The van der Waals surface area contributed by atoms with Crippen LogP contribution in [0.25, 0.3) is 0 Å². The zero-order valence-corrected chi connectivity index (χ0v) is 15.4. The lowest BCUT2D eigenvalue weighted by atomic mass is 10.1. The lowest BCUT2D eigenvalue weighted by Gasteiger charge is -2.21. The maximum absolute atomic E-state index is 10.0. The molecular formula is C19H28N4O3. The van der Waals surface area contributed by atoms with Crippen molar-refractivity contribution in [3.63, 3.8) is 0 Å². The van der Waals surface area contributed by atoms with E-state index >= 15 is 0 Å². The Balaban J connectivity index is 0.000000412. The highest BCUT2D eigenvalue weighted by Crippen LogP contribution is 2.20. The molecule has 1 aromatic rings. The van der Waals surface area contributed by atoms with Gasteiger partial charge in [0.25, 0.3) is 0 Å². The Hall–Kier alpha value is -2.80. The van der Waals surface area contributed by atoms with E-state index in [0.717, 1.165) is 12.8 Å². The van der Waals surface area contributed by atoms with Crippen molar-refractivity contribution >= 4 is 11.6 Å². The molecule has 0 aromatic heterocycles. The van der Waals surface area contributed by atoms with Crippen LogP contribution in [0, 0.1) is 0 Å². The zero-order valence-electron chi connectivity index (χ0n) is 15.4. The first-order valence-electron chi connectivity index (χ1n) is 8.56. The van der Waals surface area contributed by atoms with E-state index in [4.69, 9.17) is 10.5 Å². The van der Waals surface area contributed by atoms with Crippen LogP contribution >= 0.6 is 0 Å². The second kappa shape index (κ2) is 11.7. The maximum atomic E-state index is 10.0. The molecule has 0 spiro atoms. The van der Waals surface area contributed by atoms with Crippen molar-refractivity contribution < 1.29 is 14.6 Å². The second-order valence-corrected chi connectivity index (χ2v) is 5.60. The van der Waals surface area contributed by atoms with Gasteiger partial charge in [-0.1, -0.05) is 31.6 Å². The number of amides is 1. The molecule has 1 unspecified atom stereocenters. The van der Waals surface area contributed by atoms with Gasteiger partial charge in [0.1, 0.15) is 17.7 Å². The fourth-order valence-corrected chi connectivity index (χ4v) is 1.97. The van der Waals surface area contributed by atoms with E-state index in [1.54, 1.807) is 30.4 Å². The molecule has 1 atom stereocenters. The molecule has 0 saturated heterocycles. The summed E-state index contributed by atoms with van der Waals surface area (Å²) in [5.41, 5.74) is 9.93. The van der Waals surface area contributed by atoms with E-state index in [9.17, 15) is 9.90 Å². The van der Waals surface area contributed by atoms with Crippen molar-refractivity contribution in [2.45, 2.75) is 32.9 Å². The highest BCUT2D eigenvalue weighted by molar-refractivity contribution is 6.10. The summed E-state index contributed by atoms with van der Waals surface area (Å²) >= 11 is 0. The van der Waals surface area contributed by atoms with Crippen LogP contribution in [0.4, 0.5) is 0 Å². The van der Waals surface area contributed by atoms with Gasteiger partial charge < -0.3 is 20.9 Å². The Kier molecular flexibility index (Phi) is 9.56. The standard InChI is InChI=1S/C14H19N3O2.C5H9NO/c1-2-3-8-19-13-9-11(16-17-14(13)15)10-6-4-5-7-12(10)18;1-3-4-6-5(2)7/h4-7,9,14,17-18H,2-3,8,15H2,1H3;3H,1,4H2,2H3,(H,6,7). The third-order valence-corrected chi connectivity index (χ3v) is 3.35. The average molecular weight is 360 g/mol. The van der Waals surface area contributed by atoms with Gasteiger partial charge in [-0.3, -0.25) is 10.2 Å². The number of para-hydroxylation sites is 1. The number of ether oxygens (including phenoxy) is 1. The molecule has 1 amide bonds. The van der Waals surface area contributed by atoms with Crippen molar-refractivity contribution in [2.24, 2.45) is 10.8 Å². The van der Waals surface area contributed by atoms with Gasteiger partial charge in [-0.2, -0.15) is 5.10 Å². The minimum atomic E-state index is -0.438. The number of phenolic OH excluding ortho intramolecular Hbond substituents is 1. The number of hydrogen-bond donors (Lipinski definition) is 4. The number of aromatic hydroxyl groups is 1. The summed E-state index contributed by atoms with van der Waals surface area (Å²) in [6.07, 6.45) is 5.02. The summed E-state index contributed by atoms with van der Waals surface area (Å²) < 4.78 is 5.64. The van der Waals surface area contributed by atoms with Crippen molar-refractivity contribution in [1.29, 1.82) is 0 Å². The van der Waals surface area contributed by atoms with Crippen molar-refractivity contribution in [3.05, 3.63) is 54.3 Å². The summed E-state index contributed by atoms with van der Waals surface area (Å²) in [7, 11) is 0. The molecule has 1 aliphatic rings. The number of allylic oxidation sites excluding steroid dienone is 1. The number of nitrogens with one attached hydrogen (secondary N) is 2. The van der Waals surface area contributed by atoms with Crippen LogP contribution in [0.1, 0.15) is 32.3 Å². The molecule has 0 bridgehead atoms. The highest BCUT2D eigenvalue weighted by atomic mass is 16.5. The van der Waals surface area contributed by atoms with Gasteiger partial charge in [0.2, 0.25) is 5.91 Å². The molecule has 1 heterocycles. The monoisotopic (exact) mass is 360 g/mol. The van der Waals surface area contributed by atoms with E-state index in [-0.39, 0.29) is 11.7 Å². The predicted octanol–water partition coefficient (Wildman–Crippen LogP) is 1.99. The molecule has 2 rings (SSSR count). The largest absolute Gasteiger partial charge is 0.507 e. The first-order valence-corrected chi connectivity index (χ1v) is 8.56. The van der Waals surface area contributed by atoms with E-state index in [0.29, 0.717) is 30.2 Å². The number of phenols is 1. The van der Waals surface area contributed by atoms with Crippen molar-refractivity contribution in [3.8, 4) is 5.75 Å². The summed E-state index contributed by atoms with van der Waals surface area (Å²) in [6, 6.07) is 7.03. The Morgan fingerprint density at radius 1 is 1.50 bits per heavy atom. The quantitative estimate of drug-likeness (QED) is 0.439. The number of carbonyl (C=O) groups is 1. The Bertz CT molecular complexity index is 656. The first kappa shape index (κ1) is 21.2. The fraction of sp³-hybridized carbons (Fsp3) is 0.368. The van der Waals surface area contributed by atoms with E-state index in [1.807, 2.05) is 6.07 Å². The van der Waals surface area contributed by atoms with Gasteiger partial charge in [0.05, 0.1) is 12.3 Å². The number of nitrogens with zero attached hydrogens (tertiary/aromatic N) is 1. The Morgan fingerprint density at radius 2 is 2.23 bits per heavy atom. The van der Waals surface area contributed by atoms with Crippen LogP contribution in [0.5, 0.6) is 5.75 Å². The first-order chi connectivity index (χ1) is 12.5. The molecule has 142 valence electrons. The molecule has 0 radical (unpaired) electrons. The fourth-order valence-electron chi connectivity index (χ4n) is 1.97. The van der Waals surface area contributed by atoms with E-state index in [2.05, 4.69) is 29.3 Å². The van der Waals surface area contributed by atoms with Crippen LogP contribution < -0.4 is 16.5 Å². The van der Waals surface area contributed by atoms with Crippen molar-refractivity contribution in [1.82, 2.24) is 10.7 Å². The average Bonchev–Trinajstić information content (AvgIpc) is 2.63. The summed E-state index contributed by atoms with van der Waals surface area (Å²) in [5, 5.41) is 16.5. The Morgan fingerprint density at radius 3 is 2.81 bits per heavy atom. The minimum Gasteiger partial charge on any atom is -0.507 e. The molecule has 5 N–H and O–H groups in total. The number of nitrogens with two attached hydrogens (primary N) is 1. The van der Waals surface area contributed by atoms with Crippen molar-refractivity contribution in [2.75, 3.05) is 13.2 Å². The summed E-state index contributed by atoms with van der Waals surface area (Å²) in [5.74, 6) is 0.810. The number of unbranched alkanes of at least 4 members (excludes halogenated alkanes) is 1. The molecule has 7 nitrogen and oxygen atoms in total. The molecular weight excluding hydrogens is 332 g/mol. The van der Waals surface area contributed by atoms with Gasteiger partial charge in [-0.25, -0.2) is 0 Å². The Labute approximate surface area is 154 Å². The highest BCUT2D eigenvalue weighted by Gasteiger charge is 2.18. The van der Waals surface area contributed by atoms with E-state index < -0.39 is 6.17 Å². The third-order valence-electron chi connectivity index (χ3n) is 3.35. The smallest absolute Gasteiger partial charge is 0.217 e. The number of rotatable bonds is 7. The summed E-state index contributed by atoms with van der Waals surface area (Å²) in [4.78, 5) is 10.0. The third kappa shape index (κ3) is 7.40. The molecule has 0 aliphatic carbocycles. The molecule has 7 heteroatoms. The van der Waals surface area contributed by atoms with Crippen LogP contribution in [0.3, 0.4) is 0 Å². The molecule has 0 saturated carbocycles.